The Balaban J connectivity index is 1.35. The van der Waals surface area contributed by atoms with Crippen LogP contribution in [0.3, 0.4) is 0 Å². The maximum absolute atomic E-state index is 12.0. The first-order valence-electron chi connectivity index (χ1n) is 9.27. The number of ether oxygens (including phenoxy) is 2. The second-order valence-corrected chi connectivity index (χ2v) is 6.41. The van der Waals surface area contributed by atoms with Gasteiger partial charge in [-0.2, -0.15) is 4.98 Å². The molecule has 0 unspecified atom stereocenters. The summed E-state index contributed by atoms with van der Waals surface area (Å²) in [6, 6.07) is 9.66. The summed E-state index contributed by atoms with van der Waals surface area (Å²) in [4.78, 5) is 18.2. The molecule has 8 nitrogen and oxygen atoms in total. The van der Waals surface area contributed by atoms with Gasteiger partial charge >= 0.3 is 6.03 Å². The van der Waals surface area contributed by atoms with Crippen LogP contribution in [0.25, 0.3) is 11.5 Å². The molecule has 1 fully saturated rings. The van der Waals surface area contributed by atoms with Gasteiger partial charge in [0.05, 0.1) is 19.3 Å². The number of methoxy groups -OCH3 is 1. The molecule has 8 heteroatoms. The van der Waals surface area contributed by atoms with Gasteiger partial charge in [-0.25, -0.2) is 4.79 Å². The Kier molecular flexibility index (Phi) is 7.18. The zero-order chi connectivity index (χ0) is 18.9. The number of hydrogen-bond acceptors (Lipinski definition) is 6. The van der Waals surface area contributed by atoms with E-state index in [2.05, 4.69) is 15.5 Å². The van der Waals surface area contributed by atoms with Gasteiger partial charge in [0, 0.05) is 38.7 Å². The molecule has 0 aliphatic carbocycles. The molecule has 0 atom stereocenters. The summed E-state index contributed by atoms with van der Waals surface area (Å²) in [6.07, 6.45) is 2.43. The average molecular weight is 374 g/mol. The molecule has 0 radical (unpaired) electrons. The number of piperidine rings is 1. The summed E-state index contributed by atoms with van der Waals surface area (Å²) < 4.78 is 16.2. The number of nitrogens with zero attached hydrogens (tertiary/aromatic N) is 3. The Morgan fingerprint density at radius 3 is 2.78 bits per heavy atom. The fraction of sp³-hybridized carbons (Fsp3) is 0.526. The van der Waals surface area contributed by atoms with E-state index in [9.17, 15) is 4.79 Å². The van der Waals surface area contributed by atoms with E-state index in [4.69, 9.17) is 14.0 Å². The molecule has 0 bridgehead atoms. The molecular weight excluding hydrogens is 348 g/mol. The Hall–Kier alpha value is -2.45. The third kappa shape index (κ3) is 5.77. The van der Waals surface area contributed by atoms with Crippen LogP contribution in [0.2, 0.25) is 0 Å². The zero-order valence-electron chi connectivity index (χ0n) is 15.6. The van der Waals surface area contributed by atoms with Crippen LogP contribution in [0.5, 0.6) is 0 Å². The van der Waals surface area contributed by atoms with E-state index < -0.39 is 0 Å². The maximum atomic E-state index is 12.0. The minimum Gasteiger partial charge on any atom is -0.383 e. The van der Waals surface area contributed by atoms with Gasteiger partial charge in [0.2, 0.25) is 0 Å². The van der Waals surface area contributed by atoms with Gasteiger partial charge in [0.1, 0.15) is 0 Å². The highest BCUT2D eigenvalue weighted by atomic mass is 16.5. The molecule has 1 aliphatic rings. The van der Waals surface area contributed by atoms with E-state index in [0.29, 0.717) is 51.0 Å². The van der Waals surface area contributed by atoms with E-state index in [-0.39, 0.29) is 12.1 Å². The third-order valence-electron chi connectivity index (χ3n) is 4.48. The quantitative estimate of drug-likeness (QED) is 0.712. The first-order valence-corrected chi connectivity index (χ1v) is 9.27. The van der Waals surface area contributed by atoms with Crippen LogP contribution >= 0.6 is 0 Å². The van der Waals surface area contributed by atoms with Crippen molar-refractivity contribution in [1.29, 1.82) is 0 Å². The lowest BCUT2D eigenvalue weighted by Gasteiger charge is -2.31. The van der Waals surface area contributed by atoms with Crippen molar-refractivity contribution < 1.29 is 18.8 Å². The van der Waals surface area contributed by atoms with Crippen molar-refractivity contribution in [2.24, 2.45) is 0 Å². The smallest absolute Gasteiger partial charge is 0.317 e. The van der Waals surface area contributed by atoms with Crippen LogP contribution < -0.4 is 5.32 Å². The van der Waals surface area contributed by atoms with E-state index >= 15 is 0 Å². The number of aromatic nitrogens is 2. The molecule has 3 rings (SSSR count). The van der Waals surface area contributed by atoms with Crippen molar-refractivity contribution >= 4 is 6.03 Å². The molecule has 0 spiro atoms. The Bertz CT molecular complexity index is 699. The molecule has 1 aromatic heterocycles. The second kappa shape index (κ2) is 10.0. The molecule has 27 heavy (non-hydrogen) atoms. The van der Waals surface area contributed by atoms with Crippen molar-refractivity contribution in [3.63, 3.8) is 0 Å². The van der Waals surface area contributed by atoms with Crippen molar-refractivity contribution in [1.82, 2.24) is 20.4 Å². The van der Waals surface area contributed by atoms with Crippen LogP contribution in [0, 0.1) is 0 Å². The number of rotatable bonds is 8. The van der Waals surface area contributed by atoms with Gasteiger partial charge in [-0.05, 0) is 25.0 Å². The highest BCUT2D eigenvalue weighted by Crippen LogP contribution is 2.17. The van der Waals surface area contributed by atoms with Crippen LogP contribution in [-0.4, -0.2) is 67.1 Å². The van der Waals surface area contributed by atoms with Crippen molar-refractivity contribution in [3.8, 4) is 11.5 Å². The summed E-state index contributed by atoms with van der Waals surface area (Å²) in [5.41, 5.74) is 0.910. The lowest BCUT2D eigenvalue weighted by molar-refractivity contribution is 0.0157. The SMILES string of the molecule is COCCNC(=O)N1CCC(OCCc2noc(-c3ccccc3)n2)CC1. The first kappa shape index (κ1) is 19.3. The highest BCUT2D eigenvalue weighted by Gasteiger charge is 2.23. The van der Waals surface area contributed by atoms with E-state index in [1.807, 2.05) is 35.2 Å². The summed E-state index contributed by atoms with van der Waals surface area (Å²) in [5.74, 6) is 1.17. The van der Waals surface area contributed by atoms with Gasteiger partial charge in [0.25, 0.3) is 5.89 Å². The van der Waals surface area contributed by atoms with Crippen LogP contribution in [-0.2, 0) is 15.9 Å². The predicted octanol–water partition coefficient (Wildman–Crippen LogP) is 2.12. The van der Waals surface area contributed by atoms with Crippen LogP contribution in [0.15, 0.2) is 34.9 Å². The number of urea groups is 1. The van der Waals surface area contributed by atoms with E-state index in [0.717, 1.165) is 18.4 Å². The molecule has 0 saturated carbocycles. The van der Waals surface area contributed by atoms with Crippen molar-refractivity contribution in [2.45, 2.75) is 25.4 Å². The summed E-state index contributed by atoms with van der Waals surface area (Å²) in [5, 5.41) is 6.85. The molecular formula is C19H26N4O4. The fourth-order valence-electron chi connectivity index (χ4n) is 2.97. The number of amides is 2. The third-order valence-corrected chi connectivity index (χ3v) is 4.48. The van der Waals surface area contributed by atoms with Crippen LogP contribution in [0.4, 0.5) is 4.79 Å². The topological polar surface area (TPSA) is 89.7 Å². The number of likely N-dealkylation sites (tertiary alicyclic amines) is 1. The molecule has 1 saturated heterocycles. The molecule has 2 amide bonds. The summed E-state index contributed by atoms with van der Waals surface area (Å²) in [7, 11) is 1.62. The van der Waals surface area contributed by atoms with Gasteiger partial charge < -0.3 is 24.2 Å². The molecule has 2 heterocycles. The predicted molar refractivity (Wildman–Crippen MR) is 99.3 cm³/mol. The van der Waals surface area contributed by atoms with Crippen LogP contribution in [0.1, 0.15) is 18.7 Å². The Morgan fingerprint density at radius 2 is 2.04 bits per heavy atom. The highest BCUT2D eigenvalue weighted by molar-refractivity contribution is 5.74. The molecule has 1 aromatic carbocycles. The monoisotopic (exact) mass is 374 g/mol. The Morgan fingerprint density at radius 1 is 1.26 bits per heavy atom. The zero-order valence-corrected chi connectivity index (χ0v) is 15.6. The summed E-state index contributed by atoms with van der Waals surface area (Å²) in [6.45, 7) is 2.99. The lowest BCUT2D eigenvalue weighted by atomic mass is 10.1. The molecule has 1 aliphatic heterocycles. The number of carbonyl (C=O) groups excluding carboxylic acids is 1. The number of hydrogen-bond donors (Lipinski definition) is 1. The fourth-order valence-corrected chi connectivity index (χ4v) is 2.97. The molecule has 1 N–H and O–H groups in total. The lowest BCUT2D eigenvalue weighted by Crippen LogP contribution is -2.46. The van der Waals surface area contributed by atoms with E-state index in [1.54, 1.807) is 7.11 Å². The normalized spacial score (nSPS) is 15.1. The van der Waals surface area contributed by atoms with Gasteiger partial charge in [-0.1, -0.05) is 23.4 Å². The number of benzene rings is 1. The first-order chi connectivity index (χ1) is 13.3. The van der Waals surface area contributed by atoms with Gasteiger partial charge in [0.15, 0.2) is 5.82 Å². The average Bonchev–Trinajstić information content (AvgIpc) is 3.18. The Labute approximate surface area is 158 Å². The maximum Gasteiger partial charge on any atom is 0.317 e. The standard InChI is InChI=1S/C19H26N4O4/c1-25-14-10-20-19(24)23-11-7-16(8-12-23)26-13-9-17-21-18(27-22-17)15-5-3-2-4-6-15/h2-6,16H,7-14H2,1H3,(H,20,24). The molecule has 2 aromatic rings. The molecule has 146 valence electrons. The number of carbonyl (C=O) groups is 1. The van der Waals surface area contributed by atoms with Crippen molar-refractivity contribution in [2.75, 3.05) is 40.0 Å². The minimum absolute atomic E-state index is 0.0364. The second-order valence-electron chi connectivity index (χ2n) is 6.41. The van der Waals surface area contributed by atoms with Gasteiger partial charge in [-0.3, -0.25) is 0 Å². The summed E-state index contributed by atoms with van der Waals surface area (Å²) >= 11 is 0. The van der Waals surface area contributed by atoms with E-state index in [1.165, 1.54) is 0 Å². The number of nitrogens with one attached hydrogen (secondary N) is 1. The minimum atomic E-state index is -0.0364. The largest absolute Gasteiger partial charge is 0.383 e. The van der Waals surface area contributed by atoms with Crippen molar-refractivity contribution in [3.05, 3.63) is 36.2 Å². The van der Waals surface area contributed by atoms with Gasteiger partial charge in [-0.15, -0.1) is 0 Å².